The number of nitrogens with zero attached hydrogens (tertiary/aromatic N) is 1. The summed E-state index contributed by atoms with van der Waals surface area (Å²) in [7, 11) is 2.14. The highest BCUT2D eigenvalue weighted by molar-refractivity contribution is 5.49. The summed E-state index contributed by atoms with van der Waals surface area (Å²) in [5.41, 5.74) is 1.14. The second-order valence-electron chi connectivity index (χ2n) is 4.85. The molecule has 1 aromatic carbocycles. The quantitative estimate of drug-likeness (QED) is 0.861. The molecule has 92 valence electrons. The fraction of sp³-hybridized carbons (Fsp3) is 0.467. The second kappa shape index (κ2) is 5.99. The summed E-state index contributed by atoms with van der Waals surface area (Å²) in [4.78, 5) is 2.35. The summed E-state index contributed by atoms with van der Waals surface area (Å²) in [6.45, 7) is 1.17. The largest absolute Gasteiger partial charge is 0.389 e. The van der Waals surface area contributed by atoms with E-state index >= 15 is 0 Å². The molecule has 1 aromatic rings. The third-order valence-electron chi connectivity index (χ3n) is 3.50. The summed E-state index contributed by atoms with van der Waals surface area (Å²) < 4.78 is 0. The first-order chi connectivity index (χ1) is 8.25. The van der Waals surface area contributed by atoms with Gasteiger partial charge in [0, 0.05) is 6.04 Å². The van der Waals surface area contributed by atoms with E-state index in [1.165, 1.54) is 19.4 Å². The Kier molecular flexibility index (Phi) is 4.35. The Morgan fingerprint density at radius 2 is 2.18 bits per heavy atom. The van der Waals surface area contributed by atoms with Gasteiger partial charge < -0.3 is 10.0 Å². The lowest BCUT2D eigenvalue weighted by molar-refractivity contribution is 0.167. The van der Waals surface area contributed by atoms with Crippen LogP contribution < -0.4 is 0 Å². The third-order valence-corrected chi connectivity index (χ3v) is 3.50. The Hall–Kier alpha value is -1.12. The minimum absolute atomic E-state index is 0.333. The average molecular weight is 231 g/mol. The van der Waals surface area contributed by atoms with Crippen LogP contribution in [0.2, 0.25) is 0 Å². The molecule has 0 amide bonds. The summed E-state index contributed by atoms with van der Waals surface area (Å²) in [6.07, 6.45) is 6.89. The Morgan fingerprint density at radius 1 is 1.41 bits per heavy atom. The topological polar surface area (TPSA) is 23.5 Å². The van der Waals surface area contributed by atoms with Crippen LogP contribution in [0.5, 0.6) is 0 Å². The minimum atomic E-state index is -0.333. The van der Waals surface area contributed by atoms with Gasteiger partial charge in [-0.25, -0.2) is 0 Å². The van der Waals surface area contributed by atoms with E-state index in [-0.39, 0.29) is 6.10 Å². The molecule has 2 atom stereocenters. The maximum Gasteiger partial charge on any atom is 0.0739 e. The zero-order valence-electron chi connectivity index (χ0n) is 10.4. The molecule has 0 spiro atoms. The maximum atomic E-state index is 9.98. The van der Waals surface area contributed by atoms with Gasteiger partial charge in [0.05, 0.1) is 6.10 Å². The molecule has 1 N–H and O–H groups in total. The van der Waals surface area contributed by atoms with Crippen LogP contribution in [0.4, 0.5) is 0 Å². The van der Waals surface area contributed by atoms with Gasteiger partial charge in [-0.15, -0.1) is 0 Å². The van der Waals surface area contributed by atoms with Gasteiger partial charge in [-0.3, -0.25) is 0 Å². The van der Waals surface area contributed by atoms with Gasteiger partial charge in [0.1, 0.15) is 0 Å². The van der Waals surface area contributed by atoms with Crippen molar-refractivity contribution in [1.29, 1.82) is 0 Å². The molecule has 0 bridgehead atoms. The first-order valence-electron chi connectivity index (χ1n) is 6.37. The lowest BCUT2D eigenvalue weighted by atomic mass is 10.1. The van der Waals surface area contributed by atoms with E-state index in [9.17, 15) is 5.11 Å². The normalized spacial score (nSPS) is 23.3. The number of hydrogen-bond acceptors (Lipinski definition) is 2. The van der Waals surface area contributed by atoms with Gasteiger partial charge in [-0.1, -0.05) is 42.5 Å². The van der Waals surface area contributed by atoms with Crippen LogP contribution in [0, 0.1) is 0 Å². The standard InChI is InChI=1S/C15H21NO/c1-16-11-5-8-14(16)12-15(17)10-9-13-6-3-2-4-7-13/h2-4,6-7,9-10,14-15,17H,5,8,11-12H2,1H3/t14-,15+/m1/s1. The molecule has 1 aliphatic rings. The highest BCUT2D eigenvalue weighted by Gasteiger charge is 2.22. The molecule has 1 heterocycles. The maximum absolute atomic E-state index is 9.98. The fourth-order valence-electron chi connectivity index (χ4n) is 2.42. The molecule has 0 aromatic heterocycles. The van der Waals surface area contributed by atoms with Crippen LogP contribution in [0.1, 0.15) is 24.8 Å². The van der Waals surface area contributed by atoms with Crippen molar-refractivity contribution in [2.24, 2.45) is 0 Å². The lowest BCUT2D eigenvalue weighted by Crippen LogP contribution is -2.28. The van der Waals surface area contributed by atoms with Gasteiger partial charge in [0.15, 0.2) is 0 Å². The molecular weight excluding hydrogens is 210 g/mol. The second-order valence-corrected chi connectivity index (χ2v) is 4.85. The molecule has 1 aliphatic heterocycles. The Morgan fingerprint density at radius 3 is 2.82 bits per heavy atom. The number of likely N-dealkylation sites (tertiary alicyclic amines) is 1. The van der Waals surface area contributed by atoms with Crippen LogP contribution in [0.15, 0.2) is 36.4 Å². The summed E-state index contributed by atoms with van der Waals surface area (Å²) in [5, 5.41) is 9.98. The third kappa shape index (κ3) is 3.69. The van der Waals surface area contributed by atoms with Crippen LogP contribution in [0.25, 0.3) is 6.08 Å². The van der Waals surface area contributed by atoms with E-state index in [0.29, 0.717) is 6.04 Å². The zero-order chi connectivity index (χ0) is 12.1. The number of hydrogen-bond donors (Lipinski definition) is 1. The first-order valence-corrected chi connectivity index (χ1v) is 6.37. The average Bonchev–Trinajstić information content (AvgIpc) is 2.74. The summed E-state index contributed by atoms with van der Waals surface area (Å²) in [5.74, 6) is 0. The van der Waals surface area contributed by atoms with Crippen LogP contribution in [0.3, 0.4) is 0 Å². The van der Waals surface area contributed by atoms with Crippen LogP contribution in [-0.4, -0.2) is 35.7 Å². The minimum Gasteiger partial charge on any atom is -0.389 e. The Labute approximate surface area is 104 Å². The van der Waals surface area contributed by atoms with Crippen molar-refractivity contribution in [2.75, 3.05) is 13.6 Å². The number of benzene rings is 1. The molecule has 0 radical (unpaired) electrons. The van der Waals surface area contributed by atoms with Crippen molar-refractivity contribution in [3.05, 3.63) is 42.0 Å². The molecule has 17 heavy (non-hydrogen) atoms. The van der Waals surface area contributed by atoms with E-state index < -0.39 is 0 Å². The molecular formula is C15H21NO. The number of rotatable bonds is 4. The van der Waals surface area contributed by atoms with E-state index in [1.807, 2.05) is 42.5 Å². The molecule has 0 unspecified atom stereocenters. The van der Waals surface area contributed by atoms with Crippen molar-refractivity contribution in [3.8, 4) is 0 Å². The highest BCUT2D eigenvalue weighted by Crippen LogP contribution is 2.19. The first kappa shape index (κ1) is 12.3. The van der Waals surface area contributed by atoms with E-state index in [0.717, 1.165) is 12.0 Å². The predicted molar refractivity (Wildman–Crippen MR) is 71.8 cm³/mol. The summed E-state index contributed by atoms with van der Waals surface area (Å²) in [6, 6.07) is 10.7. The molecule has 1 saturated heterocycles. The van der Waals surface area contributed by atoms with E-state index in [4.69, 9.17) is 0 Å². The number of aliphatic hydroxyl groups excluding tert-OH is 1. The van der Waals surface area contributed by atoms with E-state index in [1.54, 1.807) is 0 Å². The van der Waals surface area contributed by atoms with Crippen molar-refractivity contribution in [1.82, 2.24) is 4.90 Å². The van der Waals surface area contributed by atoms with Gasteiger partial charge in [0.2, 0.25) is 0 Å². The van der Waals surface area contributed by atoms with Crippen molar-refractivity contribution in [3.63, 3.8) is 0 Å². The predicted octanol–water partition coefficient (Wildman–Crippen LogP) is 2.55. The Bertz CT molecular complexity index is 360. The van der Waals surface area contributed by atoms with Gasteiger partial charge in [0.25, 0.3) is 0 Å². The molecule has 1 fully saturated rings. The zero-order valence-corrected chi connectivity index (χ0v) is 10.4. The van der Waals surface area contributed by atoms with Crippen molar-refractivity contribution >= 4 is 6.08 Å². The summed E-state index contributed by atoms with van der Waals surface area (Å²) >= 11 is 0. The highest BCUT2D eigenvalue weighted by atomic mass is 16.3. The molecule has 0 saturated carbocycles. The van der Waals surface area contributed by atoms with Gasteiger partial charge in [-0.05, 0) is 38.4 Å². The SMILES string of the molecule is CN1CCC[C@@H]1C[C@@H](O)C=Cc1ccccc1. The van der Waals surface area contributed by atoms with Crippen LogP contribution in [-0.2, 0) is 0 Å². The number of aliphatic hydroxyl groups is 1. The molecule has 2 heteroatoms. The molecule has 2 nitrogen and oxygen atoms in total. The van der Waals surface area contributed by atoms with Crippen LogP contribution >= 0.6 is 0 Å². The van der Waals surface area contributed by atoms with E-state index in [2.05, 4.69) is 11.9 Å². The van der Waals surface area contributed by atoms with Crippen molar-refractivity contribution < 1.29 is 5.11 Å². The van der Waals surface area contributed by atoms with Crippen molar-refractivity contribution in [2.45, 2.75) is 31.4 Å². The van der Waals surface area contributed by atoms with Gasteiger partial charge >= 0.3 is 0 Å². The lowest BCUT2D eigenvalue weighted by Gasteiger charge is -2.20. The monoisotopic (exact) mass is 231 g/mol. The molecule has 0 aliphatic carbocycles. The molecule has 2 rings (SSSR count). The Balaban J connectivity index is 1.84. The van der Waals surface area contributed by atoms with Gasteiger partial charge in [-0.2, -0.15) is 0 Å². The fourth-order valence-corrected chi connectivity index (χ4v) is 2.42. The smallest absolute Gasteiger partial charge is 0.0739 e.